The monoisotopic (exact) mass is 279 g/mol. The molecule has 1 saturated carbocycles. The van der Waals surface area contributed by atoms with E-state index in [4.69, 9.17) is 5.11 Å². The van der Waals surface area contributed by atoms with Crippen molar-refractivity contribution in [2.75, 3.05) is 5.32 Å². The summed E-state index contributed by atoms with van der Waals surface area (Å²) < 4.78 is 0. The topological polar surface area (TPSA) is 105 Å². The van der Waals surface area contributed by atoms with E-state index in [0.29, 0.717) is 5.92 Å². The van der Waals surface area contributed by atoms with Gasteiger partial charge in [0.25, 0.3) is 0 Å². The van der Waals surface area contributed by atoms with Gasteiger partial charge < -0.3 is 10.4 Å². The summed E-state index contributed by atoms with van der Waals surface area (Å²) in [6, 6.07) is 1.19. The number of anilines is 1. The Morgan fingerprint density at radius 2 is 2.20 bits per heavy atom. The Kier molecular flexibility index (Phi) is 4.16. The van der Waals surface area contributed by atoms with Crippen molar-refractivity contribution >= 4 is 17.5 Å². The van der Waals surface area contributed by atoms with E-state index in [1.54, 1.807) is 0 Å². The summed E-state index contributed by atoms with van der Waals surface area (Å²) in [6.45, 7) is 2.11. The summed E-state index contributed by atoms with van der Waals surface area (Å²) in [7, 11) is 0. The first-order valence-electron chi connectivity index (χ1n) is 6.63. The maximum absolute atomic E-state index is 11.1. The van der Waals surface area contributed by atoms with Crippen molar-refractivity contribution in [1.29, 1.82) is 0 Å². The largest absolute Gasteiger partial charge is 0.478 e. The Balaban J connectivity index is 2.26. The van der Waals surface area contributed by atoms with E-state index in [0.717, 1.165) is 31.5 Å². The molecule has 0 spiro atoms. The van der Waals surface area contributed by atoms with Crippen LogP contribution >= 0.6 is 0 Å². The molecule has 0 saturated heterocycles. The van der Waals surface area contributed by atoms with Crippen LogP contribution in [0.15, 0.2) is 12.3 Å². The van der Waals surface area contributed by atoms with E-state index in [-0.39, 0.29) is 23.1 Å². The minimum absolute atomic E-state index is 0.144. The zero-order chi connectivity index (χ0) is 14.7. The number of hydrogen-bond donors (Lipinski definition) is 2. The minimum atomic E-state index is -1.22. The summed E-state index contributed by atoms with van der Waals surface area (Å²) in [6.07, 6.45) is 5.43. The van der Waals surface area contributed by atoms with Crippen LogP contribution in [0.25, 0.3) is 0 Å². The number of carboxylic acid groups (broad SMARTS) is 1. The van der Waals surface area contributed by atoms with Crippen molar-refractivity contribution in [3.63, 3.8) is 0 Å². The number of nitrogens with one attached hydrogen (secondary N) is 1. The third-order valence-corrected chi connectivity index (χ3v) is 3.74. The van der Waals surface area contributed by atoms with Crippen molar-refractivity contribution < 1.29 is 14.8 Å². The Labute approximate surface area is 116 Å². The predicted molar refractivity (Wildman–Crippen MR) is 72.9 cm³/mol. The molecule has 1 aromatic heterocycles. The minimum Gasteiger partial charge on any atom is -0.478 e. The van der Waals surface area contributed by atoms with Crippen molar-refractivity contribution in [3.05, 3.63) is 27.9 Å². The molecule has 1 fully saturated rings. The molecule has 1 heterocycles. The first kappa shape index (κ1) is 14.2. The molecule has 1 aliphatic rings. The second-order valence-electron chi connectivity index (χ2n) is 5.17. The number of pyridine rings is 1. The van der Waals surface area contributed by atoms with Gasteiger partial charge in [-0.05, 0) is 18.8 Å². The highest BCUT2D eigenvalue weighted by atomic mass is 16.6. The summed E-state index contributed by atoms with van der Waals surface area (Å²) in [5, 5.41) is 23.0. The Bertz CT molecular complexity index is 532. The highest BCUT2D eigenvalue weighted by Gasteiger charge is 2.25. The number of nitro groups is 1. The second-order valence-corrected chi connectivity index (χ2v) is 5.17. The molecule has 108 valence electrons. The first-order valence-corrected chi connectivity index (χ1v) is 6.63. The fourth-order valence-electron chi connectivity index (χ4n) is 2.53. The molecule has 0 bridgehead atoms. The molecule has 0 radical (unpaired) electrons. The van der Waals surface area contributed by atoms with Crippen LogP contribution in [-0.2, 0) is 0 Å². The maximum Gasteiger partial charge on any atom is 0.337 e. The van der Waals surface area contributed by atoms with Gasteiger partial charge in [0.15, 0.2) is 0 Å². The fourth-order valence-corrected chi connectivity index (χ4v) is 2.53. The number of rotatable bonds is 4. The van der Waals surface area contributed by atoms with Gasteiger partial charge in [0.05, 0.1) is 10.5 Å². The van der Waals surface area contributed by atoms with Gasteiger partial charge in [-0.15, -0.1) is 0 Å². The summed E-state index contributed by atoms with van der Waals surface area (Å²) in [4.78, 5) is 25.2. The highest BCUT2D eigenvalue weighted by molar-refractivity contribution is 5.88. The van der Waals surface area contributed by atoms with Crippen molar-refractivity contribution in [3.8, 4) is 0 Å². The molecular formula is C13H17N3O4. The molecule has 2 unspecified atom stereocenters. The van der Waals surface area contributed by atoms with E-state index < -0.39 is 10.9 Å². The van der Waals surface area contributed by atoms with Gasteiger partial charge in [-0.1, -0.05) is 19.8 Å². The lowest BCUT2D eigenvalue weighted by Gasteiger charge is -2.29. The normalized spacial score (nSPS) is 22.2. The lowest BCUT2D eigenvalue weighted by atomic mass is 9.86. The highest BCUT2D eigenvalue weighted by Crippen LogP contribution is 2.30. The van der Waals surface area contributed by atoms with E-state index in [1.807, 2.05) is 0 Å². The van der Waals surface area contributed by atoms with Gasteiger partial charge in [-0.2, -0.15) is 0 Å². The molecule has 0 amide bonds. The number of hydrogen-bond acceptors (Lipinski definition) is 5. The Morgan fingerprint density at radius 3 is 2.80 bits per heavy atom. The SMILES string of the molecule is CC1CCCCC1Nc1ncc(C(=O)O)cc1[N+](=O)[O-]. The van der Waals surface area contributed by atoms with Crippen molar-refractivity contribution in [2.45, 2.75) is 38.6 Å². The third kappa shape index (κ3) is 3.04. The van der Waals surface area contributed by atoms with Crippen molar-refractivity contribution in [1.82, 2.24) is 4.98 Å². The first-order chi connectivity index (χ1) is 9.49. The zero-order valence-electron chi connectivity index (χ0n) is 11.2. The van der Waals surface area contributed by atoms with Crippen LogP contribution in [0.5, 0.6) is 0 Å². The second kappa shape index (κ2) is 5.85. The summed E-state index contributed by atoms with van der Waals surface area (Å²) in [5.41, 5.74) is -0.471. The molecule has 2 N–H and O–H groups in total. The molecule has 20 heavy (non-hydrogen) atoms. The molecule has 0 aromatic carbocycles. The average molecular weight is 279 g/mol. The van der Waals surface area contributed by atoms with Gasteiger partial charge in [-0.25, -0.2) is 9.78 Å². The van der Waals surface area contributed by atoms with Crippen LogP contribution in [0, 0.1) is 16.0 Å². The molecule has 7 nitrogen and oxygen atoms in total. The van der Waals surface area contributed by atoms with E-state index >= 15 is 0 Å². The van der Waals surface area contributed by atoms with Gasteiger partial charge in [-0.3, -0.25) is 10.1 Å². The van der Waals surface area contributed by atoms with Crippen LogP contribution in [-0.4, -0.2) is 27.0 Å². The number of carboxylic acids is 1. The zero-order valence-corrected chi connectivity index (χ0v) is 11.2. The van der Waals surface area contributed by atoms with E-state index in [9.17, 15) is 14.9 Å². The molecule has 2 atom stereocenters. The molecule has 0 aliphatic heterocycles. The standard InChI is InChI=1S/C13H17N3O4/c1-8-4-2-3-5-10(8)15-12-11(16(19)20)6-9(7-14-12)13(17)18/h6-8,10H,2-5H2,1H3,(H,14,15)(H,17,18). The van der Waals surface area contributed by atoms with E-state index in [2.05, 4.69) is 17.2 Å². The average Bonchev–Trinajstić information content (AvgIpc) is 2.41. The van der Waals surface area contributed by atoms with Crippen molar-refractivity contribution in [2.24, 2.45) is 5.92 Å². The number of nitrogens with zero attached hydrogens (tertiary/aromatic N) is 2. The number of carbonyl (C=O) groups is 1. The van der Waals surface area contributed by atoms with Gasteiger partial charge in [0.1, 0.15) is 0 Å². The molecule has 1 aromatic rings. The van der Waals surface area contributed by atoms with Crippen LogP contribution < -0.4 is 5.32 Å². The number of aromatic carboxylic acids is 1. The predicted octanol–water partition coefficient (Wildman–Crippen LogP) is 2.68. The molecular weight excluding hydrogens is 262 g/mol. The van der Waals surface area contributed by atoms with E-state index in [1.165, 1.54) is 6.42 Å². The van der Waals surface area contributed by atoms with Crippen LogP contribution in [0.1, 0.15) is 43.0 Å². The van der Waals surface area contributed by atoms with Crippen LogP contribution in [0.3, 0.4) is 0 Å². The number of aromatic nitrogens is 1. The summed E-state index contributed by atoms with van der Waals surface area (Å²) in [5.74, 6) is -0.652. The quantitative estimate of drug-likeness (QED) is 0.648. The molecule has 7 heteroatoms. The molecule has 2 rings (SSSR count). The van der Waals surface area contributed by atoms with Crippen LogP contribution in [0.2, 0.25) is 0 Å². The lowest BCUT2D eigenvalue weighted by molar-refractivity contribution is -0.384. The maximum atomic E-state index is 11.1. The molecule has 1 aliphatic carbocycles. The van der Waals surface area contributed by atoms with Gasteiger partial charge in [0, 0.05) is 18.3 Å². The lowest BCUT2D eigenvalue weighted by Crippen LogP contribution is -2.31. The van der Waals surface area contributed by atoms with Gasteiger partial charge >= 0.3 is 11.7 Å². The van der Waals surface area contributed by atoms with Gasteiger partial charge in [0.2, 0.25) is 5.82 Å². The smallest absolute Gasteiger partial charge is 0.337 e. The van der Waals surface area contributed by atoms with Crippen LogP contribution in [0.4, 0.5) is 11.5 Å². The third-order valence-electron chi connectivity index (χ3n) is 3.74. The Morgan fingerprint density at radius 1 is 1.50 bits per heavy atom. The fraction of sp³-hybridized carbons (Fsp3) is 0.538. The Hall–Kier alpha value is -2.18. The summed E-state index contributed by atoms with van der Waals surface area (Å²) >= 11 is 0.